The van der Waals surface area contributed by atoms with Gasteiger partial charge in [0, 0.05) is 39.4 Å². The minimum absolute atomic E-state index is 0.0155. The van der Waals surface area contributed by atoms with E-state index in [9.17, 15) is 18.0 Å². The molecule has 0 aliphatic carbocycles. The second kappa shape index (κ2) is 8.61. The van der Waals surface area contributed by atoms with Crippen molar-refractivity contribution in [2.24, 2.45) is 0 Å². The zero-order valence-corrected chi connectivity index (χ0v) is 17.5. The molecule has 0 unspecified atom stereocenters. The van der Waals surface area contributed by atoms with E-state index in [0.29, 0.717) is 19.6 Å². The van der Waals surface area contributed by atoms with Crippen LogP contribution in [-0.2, 0) is 25.8 Å². The van der Waals surface area contributed by atoms with Gasteiger partial charge in [-0.1, -0.05) is 12.1 Å². The van der Waals surface area contributed by atoms with Gasteiger partial charge in [-0.3, -0.25) is 9.59 Å². The first kappa shape index (κ1) is 20.8. The van der Waals surface area contributed by atoms with Crippen molar-refractivity contribution in [1.29, 1.82) is 0 Å². The maximum absolute atomic E-state index is 12.8. The third-order valence-corrected chi connectivity index (χ3v) is 6.74. The van der Waals surface area contributed by atoms with E-state index >= 15 is 0 Å². The second-order valence-corrected chi connectivity index (χ2v) is 9.82. The van der Waals surface area contributed by atoms with E-state index < -0.39 is 9.84 Å². The molecule has 0 spiro atoms. The summed E-state index contributed by atoms with van der Waals surface area (Å²) in [7, 11) is -3.24. The van der Waals surface area contributed by atoms with Gasteiger partial charge in [0.25, 0.3) is 0 Å². The lowest BCUT2D eigenvalue weighted by atomic mass is 10.1. The molecule has 2 amide bonds. The summed E-state index contributed by atoms with van der Waals surface area (Å²) in [4.78, 5) is 31.2. The van der Waals surface area contributed by atoms with Crippen LogP contribution in [0.5, 0.6) is 0 Å². The quantitative estimate of drug-likeness (QED) is 0.721. The van der Waals surface area contributed by atoms with Crippen molar-refractivity contribution in [2.75, 3.05) is 45.5 Å². The molecular weight excluding hydrogens is 378 g/mol. The summed E-state index contributed by atoms with van der Waals surface area (Å²) in [5, 5.41) is 0. The third kappa shape index (κ3) is 5.11. The standard InChI is InChI=1S/C20H29N3O4S/c1-16(24)23-12-11-22(15-18(23)14-21-9-3-4-10-21)20(25)13-17-5-7-19(8-6-17)28(2,26)27/h5-8,18H,3-4,9-15H2,1-2H3/t18-/m0/s1. The van der Waals surface area contributed by atoms with Crippen molar-refractivity contribution in [3.8, 4) is 0 Å². The van der Waals surface area contributed by atoms with Gasteiger partial charge in [0.15, 0.2) is 9.84 Å². The number of nitrogens with zero attached hydrogens (tertiary/aromatic N) is 3. The van der Waals surface area contributed by atoms with Crippen molar-refractivity contribution in [3.63, 3.8) is 0 Å². The first-order valence-electron chi connectivity index (χ1n) is 9.80. The van der Waals surface area contributed by atoms with E-state index in [0.717, 1.165) is 25.2 Å². The largest absolute Gasteiger partial charge is 0.339 e. The normalized spacial score (nSPS) is 21.1. The molecule has 2 saturated heterocycles. The second-order valence-electron chi connectivity index (χ2n) is 7.81. The number of amides is 2. The Bertz CT molecular complexity index is 816. The third-order valence-electron chi connectivity index (χ3n) is 5.61. The van der Waals surface area contributed by atoms with Gasteiger partial charge in [-0.25, -0.2) is 8.42 Å². The van der Waals surface area contributed by atoms with Crippen LogP contribution in [0.15, 0.2) is 29.2 Å². The van der Waals surface area contributed by atoms with E-state index in [1.165, 1.54) is 19.1 Å². The molecule has 0 bridgehead atoms. The van der Waals surface area contributed by atoms with E-state index in [1.807, 2.05) is 9.80 Å². The first-order valence-corrected chi connectivity index (χ1v) is 11.7. The van der Waals surface area contributed by atoms with Crippen LogP contribution in [0.1, 0.15) is 25.3 Å². The molecule has 3 rings (SSSR count). The van der Waals surface area contributed by atoms with E-state index in [1.54, 1.807) is 31.2 Å². The van der Waals surface area contributed by atoms with Crippen molar-refractivity contribution in [3.05, 3.63) is 29.8 Å². The monoisotopic (exact) mass is 407 g/mol. The highest BCUT2D eigenvalue weighted by Gasteiger charge is 2.32. The Labute approximate surface area is 167 Å². The van der Waals surface area contributed by atoms with Crippen molar-refractivity contribution < 1.29 is 18.0 Å². The molecule has 0 aromatic heterocycles. The summed E-state index contributed by atoms with van der Waals surface area (Å²) in [6.45, 7) is 6.18. The molecule has 1 aromatic carbocycles. The van der Waals surface area contributed by atoms with Gasteiger partial charge in [-0.2, -0.15) is 0 Å². The average Bonchev–Trinajstić information content (AvgIpc) is 3.14. The zero-order valence-electron chi connectivity index (χ0n) is 16.6. The lowest BCUT2D eigenvalue weighted by Crippen LogP contribution is -2.59. The fraction of sp³-hybridized carbons (Fsp3) is 0.600. The van der Waals surface area contributed by atoms with Crippen LogP contribution >= 0.6 is 0 Å². The Morgan fingerprint density at radius 2 is 1.68 bits per heavy atom. The Balaban J connectivity index is 1.63. The van der Waals surface area contributed by atoms with Gasteiger partial charge in [0.05, 0.1) is 17.4 Å². The predicted octanol–water partition coefficient (Wildman–Crippen LogP) is 0.788. The number of carbonyl (C=O) groups excluding carboxylic acids is 2. The average molecular weight is 408 g/mol. The molecule has 154 valence electrons. The molecule has 2 heterocycles. The molecule has 1 aromatic rings. The number of carbonyl (C=O) groups is 2. The van der Waals surface area contributed by atoms with Gasteiger partial charge < -0.3 is 14.7 Å². The SMILES string of the molecule is CC(=O)N1CCN(C(=O)Cc2ccc(S(C)(=O)=O)cc2)C[C@@H]1CN1CCCC1. The van der Waals surface area contributed by atoms with Crippen LogP contribution < -0.4 is 0 Å². The summed E-state index contributed by atoms with van der Waals surface area (Å²) in [5.41, 5.74) is 0.794. The number of sulfone groups is 1. The highest BCUT2D eigenvalue weighted by Crippen LogP contribution is 2.17. The maximum Gasteiger partial charge on any atom is 0.227 e. The fourth-order valence-electron chi connectivity index (χ4n) is 4.06. The van der Waals surface area contributed by atoms with Crippen LogP contribution in [0.2, 0.25) is 0 Å². The molecule has 7 nitrogen and oxygen atoms in total. The van der Waals surface area contributed by atoms with E-state index in [4.69, 9.17) is 0 Å². The molecule has 0 saturated carbocycles. The lowest BCUT2D eigenvalue weighted by molar-refractivity contribution is -0.141. The van der Waals surface area contributed by atoms with Gasteiger partial charge in [0.2, 0.25) is 11.8 Å². The molecule has 2 aliphatic rings. The zero-order chi connectivity index (χ0) is 20.3. The van der Waals surface area contributed by atoms with Crippen molar-refractivity contribution >= 4 is 21.7 Å². The highest BCUT2D eigenvalue weighted by molar-refractivity contribution is 7.90. The number of benzene rings is 1. The molecule has 0 radical (unpaired) electrons. The van der Waals surface area contributed by atoms with Crippen molar-refractivity contribution in [2.45, 2.75) is 37.1 Å². The van der Waals surface area contributed by atoms with Gasteiger partial charge >= 0.3 is 0 Å². The van der Waals surface area contributed by atoms with Crippen molar-refractivity contribution in [1.82, 2.24) is 14.7 Å². The number of hydrogen-bond acceptors (Lipinski definition) is 5. The predicted molar refractivity (Wildman–Crippen MR) is 107 cm³/mol. The summed E-state index contributed by atoms with van der Waals surface area (Å²) in [6.07, 6.45) is 3.79. The number of piperazine rings is 1. The van der Waals surface area contributed by atoms with E-state index in [2.05, 4.69) is 4.90 Å². The molecular formula is C20H29N3O4S. The topological polar surface area (TPSA) is 78.0 Å². The number of hydrogen-bond donors (Lipinski definition) is 0. The minimum atomic E-state index is -3.24. The molecule has 1 atom stereocenters. The molecule has 8 heteroatoms. The fourth-order valence-corrected chi connectivity index (χ4v) is 4.69. The van der Waals surface area contributed by atoms with Crippen LogP contribution in [0.3, 0.4) is 0 Å². The summed E-state index contributed by atoms with van der Waals surface area (Å²) in [5.74, 6) is 0.0781. The van der Waals surface area contributed by atoms with Crippen LogP contribution in [0.25, 0.3) is 0 Å². The maximum atomic E-state index is 12.8. The molecule has 28 heavy (non-hydrogen) atoms. The molecule has 2 aliphatic heterocycles. The molecule has 2 fully saturated rings. The Kier molecular flexibility index (Phi) is 6.40. The summed E-state index contributed by atoms with van der Waals surface area (Å²) < 4.78 is 23.1. The Hall–Kier alpha value is -1.93. The Morgan fingerprint density at radius 1 is 1.04 bits per heavy atom. The smallest absolute Gasteiger partial charge is 0.227 e. The Morgan fingerprint density at radius 3 is 2.25 bits per heavy atom. The molecule has 0 N–H and O–H groups in total. The number of likely N-dealkylation sites (tertiary alicyclic amines) is 1. The van der Waals surface area contributed by atoms with Crippen LogP contribution in [0.4, 0.5) is 0 Å². The van der Waals surface area contributed by atoms with Crippen LogP contribution in [-0.4, -0.2) is 86.5 Å². The highest BCUT2D eigenvalue weighted by atomic mass is 32.2. The van der Waals surface area contributed by atoms with E-state index in [-0.39, 0.29) is 29.2 Å². The first-order chi connectivity index (χ1) is 13.2. The summed E-state index contributed by atoms with van der Waals surface area (Å²) in [6, 6.07) is 6.51. The minimum Gasteiger partial charge on any atom is -0.339 e. The van der Waals surface area contributed by atoms with Gasteiger partial charge in [0.1, 0.15) is 0 Å². The number of rotatable bonds is 5. The van der Waals surface area contributed by atoms with Crippen LogP contribution in [0, 0.1) is 0 Å². The summed E-state index contributed by atoms with van der Waals surface area (Å²) >= 11 is 0. The van der Waals surface area contributed by atoms with Gasteiger partial charge in [-0.05, 0) is 43.6 Å². The lowest BCUT2D eigenvalue weighted by Gasteiger charge is -2.42. The van der Waals surface area contributed by atoms with Gasteiger partial charge in [-0.15, -0.1) is 0 Å².